The molecule has 3 nitrogen and oxygen atoms in total. The Bertz CT molecular complexity index is 569. The number of hydrogen-bond donors (Lipinski definition) is 1. The molecule has 1 aliphatic rings. The number of benzene rings is 1. The average molecular weight is 315 g/mol. The first-order valence-electron chi connectivity index (χ1n) is 7.53. The number of rotatable bonds is 4. The van der Waals surface area contributed by atoms with Gasteiger partial charge in [0.1, 0.15) is 0 Å². The smallest absolute Gasteiger partial charge is 0.282 e. The van der Waals surface area contributed by atoms with Gasteiger partial charge in [-0.3, -0.25) is 4.79 Å². The molecule has 0 saturated heterocycles. The number of nitrogens with zero attached hydrogens (tertiary/aromatic N) is 1. The van der Waals surface area contributed by atoms with Crippen molar-refractivity contribution in [3.8, 4) is 0 Å². The van der Waals surface area contributed by atoms with E-state index in [-0.39, 0.29) is 5.69 Å². The van der Waals surface area contributed by atoms with E-state index in [0.29, 0.717) is 10.5 Å². The highest BCUT2D eigenvalue weighted by molar-refractivity contribution is 5.93. The summed E-state index contributed by atoms with van der Waals surface area (Å²) < 4.78 is 40.3. The Hall–Kier alpha value is -1.56. The Labute approximate surface area is 128 Å². The van der Waals surface area contributed by atoms with Gasteiger partial charge in [-0.15, -0.1) is 0 Å². The molecule has 6 heteroatoms. The molecule has 0 radical (unpaired) electrons. The van der Waals surface area contributed by atoms with Gasteiger partial charge in [0, 0.05) is 0 Å². The minimum atomic E-state index is -1.57. The number of carbonyl (C=O) groups is 1. The molecule has 1 aromatic carbocycles. The van der Waals surface area contributed by atoms with Crippen molar-refractivity contribution in [2.24, 2.45) is 0 Å². The van der Waals surface area contributed by atoms with Crippen molar-refractivity contribution in [3.05, 3.63) is 29.6 Å². The summed E-state index contributed by atoms with van der Waals surface area (Å²) in [6.07, 6.45) is 4.42. The van der Waals surface area contributed by atoms with Crippen molar-refractivity contribution in [2.45, 2.75) is 44.7 Å². The maximum Gasteiger partial charge on any atom is 0.282 e. The van der Waals surface area contributed by atoms with Gasteiger partial charge in [0.2, 0.25) is 0 Å². The number of hydrogen-bond acceptors (Lipinski definition) is 1. The van der Waals surface area contributed by atoms with Crippen molar-refractivity contribution in [1.82, 2.24) is 0 Å². The fourth-order valence-corrected chi connectivity index (χ4v) is 3.05. The number of nitrogens with one attached hydrogen (secondary N) is 1. The Kier molecular flexibility index (Phi) is 4.80. The molecular weight excluding hydrogens is 293 g/mol. The molecule has 1 aromatic rings. The predicted molar refractivity (Wildman–Crippen MR) is 78.8 cm³/mol. The predicted octanol–water partition coefficient (Wildman–Crippen LogP) is 3.45. The van der Waals surface area contributed by atoms with Crippen LogP contribution in [-0.2, 0) is 4.79 Å². The van der Waals surface area contributed by atoms with E-state index in [2.05, 4.69) is 5.32 Å². The van der Waals surface area contributed by atoms with Crippen molar-refractivity contribution < 1.29 is 22.4 Å². The largest absolute Gasteiger partial charge is 0.318 e. The van der Waals surface area contributed by atoms with E-state index in [1.165, 1.54) is 0 Å². The second-order valence-electron chi connectivity index (χ2n) is 6.46. The van der Waals surface area contributed by atoms with Gasteiger partial charge in [-0.25, -0.2) is 13.2 Å². The average Bonchev–Trinajstić information content (AvgIpc) is 3.02. The molecule has 0 unspecified atom stereocenters. The summed E-state index contributed by atoms with van der Waals surface area (Å²) >= 11 is 0. The third kappa shape index (κ3) is 3.11. The molecule has 0 spiro atoms. The van der Waals surface area contributed by atoms with E-state index < -0.39 is 29.4 Å². The first-order valence-corrected chi connectivity index (χ1v) is 7.53. The number of quaternary nitrogens is 1. The quantitative estimate of drug-likeness (QED) is 0.669. The fourth-order valence-electron chi connectivity index (χ4n) is 3.05. The first-order chi connectivity index (χ1) is 10.2. The van der Waals surface area contributed by atoms with Gasteiger partial charge < -0.3 is 9.80 Å². The van der Waals surface area contributed by atoms with Crippen LogP contribution in [0.5, 0.6) is 0 Å². The number of halogens is 3. The lowest BCUT2D eigenvalue weighted by atomic mass is 10.1. The highest BCUT2D eigenvalue weighted by Crippen LogP contribution is 2.29. The zero-order chi connectivity index (χ0) is 16.5. The monoisotopic (exact) mass is 315 g/mol. The number of amides is 1. The van der Waals surface area contributed by atoms with Crippen LogP contribution in [0.15, 0.2) is 12.1 Å². The number of carbonyl (C=O) groups excluding carboxylic acids is 1. The minimum absolute atomic E-state index is 0.331. The van der Waals surface area contributed by atoms with Crippen LogP contribution in [0, 0.1) is 17.5 Å². The summed E-state index contributed by atoms with van der Waals surface area (Å²) in [5.74, 6) is -4.62. The molecule has 0 aliphatic heterocycles. The molecule has 1 N–H and O–H groups in total. The lowest BCUT2D eigenvalue weighted by Crippen LogP contribution is -2.58. The Morgan fingerprint density at radius 1 is 1.18 bits per heavy atom. The molecular formula is C16H22F3N2O+. The van der Waals surface area contributed by atoms with Crippen LogP contribution in [-0.4, -0.2) is 36.6 Å². The summed E-state index contributed by atoms with van der Waals surface area (Å²) in [6.45, 7) is 1.77. The van der Waals surface area contributed by atoms with Gasteiger partial charge in [0.25, 0.3) is 5.91 Å². The van der Waals surface area contributed by atoms with Crippen molar-refractivity contribution in [2.75, 3.05) is 19.4 Å². The van der Waals surface area contributed by atoms with Crippen LogP contribution in [0.3, 0.4) is 0 Å². The SMILES string of the molecule is C[C@H](C(=O)Nc1ccc(F)c(F)c1F)[N+](C)(C)C1CCCC1. The van der Waals surface area contributed by atoms with Crippen LogP contribution < -0.4 is 5.32 Å². The van der Waals surface area contributed by atoms with Crippen molar-refractivity contribution in [3.63, 3.8) is 0 Å². The Balaban J connectivity index is 2.13. The number of likely N-dealkylation sites (N-methyl/N-ethyl adjacent to an activating group) is 1. The van der Waals surface area contributed by atoms with Crippen LogP contribution in [0.1, 0.15) is 32.6 Å². The maximum absolute atomic E-state index is 13.6. The fraction of sp³-hybridized carbons (Fsp3) is 0.562. The summed E-state index contributed by atoms with van der Waals surface area (Å²) in [5.41, 5.74) is -0.331. The van der Waals surface area contributed by atoms with Crippen molar-refractivity contribution in [1.29, 1.82) is 0 Å². The molecule has 0 bridgehead atoms. The van der Waals surface area contributed by atoms with Gasteiger partial charge in [0.15, 0.2) is 23.5 Å². The van der Waals surface area contributed by atoms with Crippen LogP contribution >= 0.6 is 0 Å². The van der Waals surface area contributed by atoms with E-state index in [1.54, 1.807) is 6.92 Å². The highest BCUT2D eigenvalue weighted by Gasteiger charge is 2.39. The lowest BCUT2D eigenvalue weighted by molar-refractivity contribution is -0.927. The van der Waals surface area contributed by atoms with Gasteiger partial charge in [-0.05, 0) is 44.7 Å². The molecule has 0 aromatic heterocycles. The van der Waals surface area contributed by atoms with E-state index in [1.807, 2.05) is 14.1 Å². The molecule has 22 heavy (non-hydrogen) atoms. The molecule has 1 aliphatic carbocycles. The molecule has 1 atom stereocenters. The number of anilines is 1. The summed E-state index contributed by atoms with van der Waals surface area (Å²) in [6, 6.07) is 1.80. The minimum Gasteiger partial charge on any atom is -0.318 e. The Morgan fingerprint density at radius 2 is 1.77 bits per heavy atom. The second kappa shape index (κ2) is 6.28. The third-order valence-electron chi connectivity index (χ3n) is 4.94. The molecule has 1 fully saturated rings. The summed E-state index contributed by atoms with van der Waals surface area (Å²) in [5, 5.41) is 2.37. The van der Waals surface area contributed by atoms with Gasteiger partial charge in [0.05, 0.1) is 25.8 Å². The van der Waals surface area contributed by atoms with Crippen LogP contribution in [0.25, 0.3) is 0 Å². The molecule has 1 saturated carbocycles. The Morgan fingerprint density at radius 3 is 2.36 bits per heavy atom. The van der Waals surface area contributed by atoms with Crippen LogP contribution in [0.2, 0.25) is 0 Å². The zero-order valence-electron chi connectivity index (χ0n) is 13.1. The summed E-state index contributed by atoms with van der Waals surface area (Å²) in [4.78, 5) is 12.4. The highest BCUT2D eigenvalue weighted by atomic mass is 19.2. The van der Waals surface area contributed by atoms with E-state index >= 15 is 0 Å². The second-order valence-corrected chi connectivity index (χ2v) is 6.46. The van der Waals surface area contributed by atoms with E-state index in [9.17, 15) is 18.0 Å². The van der Waals surface area contributed by atoms with Gasteiger partial charge in [-0.2, -0.15) is 0 Å². The lowest BCUT2D eigenvalue weighted by Gasteiger charge is -2.40. The molecule has 2 rings (SSSR count). The summed E-state index contributed by atoms with van der Waals surface area (Å²) in [7, 11) is 3.95. The van der Waals surface area contributed by atoms with E-state index in [4.69, 9.17) is 0 Å². The normalized spacial score (nSPS) is 17.5. The molecule has 1 amide bonds. The molecule has 122 valence electrons. The zero-order valence-corrected chi connectivity index (χ0v) is 13.1. The van der Waals surface area contributed by atoms with Gasteiger partial charge in [-0.1, -0.05) is 0 Å². The third-order valence-corrected chi connectivity index (χ3v) is 4.94. The van der Waals surface area contributed by atoms with Gasteiger partial charge >= 0.3 is 0 Å². The first kappa shape index (κ1) is 16.8. The topological polar surface area (TPSA) is 29.1 Å². The van der Waals surface area contributed by atoms with E-state index in [0.717, 1.165) is 37.8 Å². The maximum atomic E-state index is 13.6. The van der Waals surface area contributed by atoms with Crippen molar-refractivity contribution >= 4 is 11.6 Å². The standard InChI is InChI=1S/C16H21F3N2O/c1-10(21(2,3)11-6-4-5-7-11)16(22)20-13-9-8-12(17)14(18)15(13)19/h8-11H,4-7H2,1-3H3/p+1/t10-/m1/s1. The van der Waals surface area contributed by atoms with Crippen LogP contribution in [0.4, 0.5) is 18.9 Å². The molecule has 0 heterocycles.